The van der Waals surface area contributed by atoms with E-state index >= 15 is 0 Å². The average molecular weight is 264 g/mol. The Morgan fingerprint density at radius 3 is 2.89 bits per heavy atom. The van der Waals surface area contributed by atoms with Gasteiger partial charge in [-0.15, -0.1) is 0 Å². The molecule has 2 heterocycles. The summed E-state index contributed by atoms with van der Waals surface area (Å²) in [5.41, 5.74) is 6.51. The number of hydrogen-bond donors (Lipinski definition) is 1. The minimum absolute atomic E-state index is 0.535. The van der Waals surface area contributed by atoms with Gasteiger partial charge in [-0.05, 0) is 32.5 Å². The topological polar surface area (TPSA) is 54.6 Å². The van der Waals surface area contributed by atoms with Crippen molar-refractivity contribution < 1.29 is 4.74 Å². The number of hydrogen-bond acceptors (Lipinski definition) is 5. The van der Waals surface area contributed by atoms with Crippen molar-refractivity contribution >= 4 is 11.5 Å². The normalized spacial score (nSPS) is 20.6. The number of nitrogens with two attached hydrogens (primary N) is 1. The molecule has 0 amide bonds. The number of anilines is 2. The van der Waals surface area contributed by atoms with Crippen LogP contribution in [-0.2, 0) is 0 Å². The standard InChI is InChI=1S/C14H24N4O/c1-4-9-19-14-12(15)5-6-13(16-14)18-8-7-17(3)11(2)10-18/h5-6,11H,4,7-10,15H2,1-3H3. The van der Waals surface area contributed by atoms with Crippen molar-refractivity contribution in [3.63, 3.8) is 0 Å². The van der Waals surface area contributed by atoms with Gasteiger partial charge in [-0.1, -0.05) is 6.92 Å². The molecule has 5 heteroatoms. The van der Waals surface area contributed by atoms with Crippen LogP contribution in [0.2, 0.25) is 0 Å². The van der Waals surface area contributed by atoms with Crippen molar-refractivity contribution in [1.29, 1.82) is 0 Å². The lowest BCUT2D eigenvalue weighted by Crippen LogP contribution is -2.50. The van der Waals surface area contributed by atoms with Gasteiger partial charge in [0.25, 0.3) is 0 Å². The molecule has 1 atom stereocenters. The van der Waals surface area contributed by atoms with E-state index in [0.29, 0.717) is 24.2 Å². The van der Waals surface area contributed by atoms with Gasteiger partial charge in [0.05, 0.1) is 12.3 Å². The van der Waals surface area contributed by atoms with E-state index in [1.165, 1.54) is 0 Å². The zero-order valence-electron chi connectivity index (χ0n) is 12.1. The van der Waals surface area contributed by atoms with Crippen LogP contribution in [0.3, 0.4) is 0 Å². The maximum Gasteiger partial charge on any atom is 0.239 e. The second-order valence-electron chi connectivity index (χ2n) is 5.19. The zero-order chi connectivity index (χ0) is 13.8. The predicted octanol–water partition coefficient (Wildman–Crippen LogP) is 1.59. The highest BCUT2D eigenvalue weighted by Gasteiger charge is 2.22. The Morgan fingerprint density at radius 1 is 1.42 bits per heavy atom. The Kier molecular flexibility index (Phi) is 4.47. The molecule has 1 unspecified atom stereocenters. The Balaban J connectivity index is 2.11. The molecule has 0 radical (unpaired) electrons. The van der Waals surface area contributed by atoms with Crippen LogP contribution in [0.1, 0.15) is 20.3 Å². The second-order valence-corrected chi connectivity index (χ2v) is 5.19. The average Bonchev–Trinajstić information content (AvgIpc) is 2.41. The fourth-order valence-corrected chi connectivity index (χ4v) is 2.19. The van der Waals surface area contributed by atoms with Gasteiger partial charge in [0.15, 0.2) is 0 Å². The summed E-state index contributed by atoms with van der Waals surface area (Å²) in [6.45, 7) is 7.99. The Labute approximate surface area is 115 Å². The molecule has 0 spiro atoms. The van der Waals surface area contributed by atoms with Crippen LogP contribution in [0.5, 0.6) is 5.88 Å². The summed E-state index contributed by atoms with van der Waals surface area (Å²) in [5.74, 6) is 1.52. The summed E-state index contributed by atoms with van der Waals surface area (Å²) in [6, 6.07) is 4.40. The molecule has 1 saturated heterocycles. The van der Waals surface area contributed by atoms with E-state index in [-0.39, 0.29) is 0 Å². The van der Waals surface area contributed by atoms with Gasteiger partial charge in [-0.3, -0.25) is 0 Å². The molecule has 1 aliphatic rings. The third kappa shape index (κ3) is 3.29. The largest absolute Gasteiger partial charge is 0.476 e. The fraction of sp³-hybridized carbons (Fsp3) is 0.643. The van der Waals surface area contributed by atoms with E-state index in [9.17, 15) is 0 Å². The summed E-state index contributed by atoms with van der Waals surface area (Å²) in [4.78, 5) is 9.21. The van der Waals surface area contributed by atoms with Crippen LogP contribution in [0.4, 0.5) is 11.5 Å². The van der Waals surface area contributed by atoms with Crippen molar-refractivity contribution in [3.8, 4) is 5.88 Å². The van der Waals surface area contributed by atoms with Crippen LogP contribution < -0.4 is 15.4 Å². The maximum absolute atomic E-state index is 5.89. The molecule has 1 aromatic rings. The summed E-state index contributed by atoms with van der Waals surface area (Å²) in [7, 11) is 2.16. The molecule has 19 heavy (non-hydrogen) atoms. The SMILES string of the molecule is CCCOc1nc(N2CCN(C)C(C)C2)ccc1N. The molecule has 0 aliphatic carbocycles. The van der Waals surface area contributed by atoms with Crippen LogP contribution in [-0.4, -0.2) is 49.2 Å². The predicted molar refractivity (Wildman–Crippen MR) is 78.7 cm³/mol. The van der Waals surface area contributed by atoms with Gasteiger partial charge >= 0.3 is 0 Å². The number of aromatic nitrogens is 1. The number of rotatable bonds is 4. The molecule has 1 aromatic heterocycles. The van der Waals surface area contributed by atoms with Gasteiger partial charge in [-0.2, -0.15) is 4.98 Å². The van der Waals surface area contributed by atoms with Gasteiger partial charge in [0, 0.05) is 25.7 Å². The molecule has 0 aromatic carbocycles. The summed E-state index contributed by atoms with van der Waals surface area (Å²) < 4.78 is 5.59. The van der Waals surface area contributed by atoms with E-state index in [2.05, 4.69) is 35.7 Å². The first-order valence-corrected chi connectivity index (χ1v) is 6.96. The molecule has 1 aliphatic heterocycles. The van der Waals surface area contributed by atoms with E-state index in [1.807, 2.05) is 12.1 Å². The zero-order valence-corrected chi connectivity index (χ0v) is 12.1. The van der Waals surface area contributed by atoms with Crippen molar-refractivity contribution in [2.45, 2.75) is 26.3 Å². The lowest BCUT2D eigenvalue weighted by atomic mass is 10.2. The molecular weight excluding hydrogens is 240 g/mol. The maximum atomic E-state index is 5.89. The summed E-state index contributed by atoms with van der Waals surface area (Å²) in [6.07, 6.45) is 0.955. The Morgan fingerprint density at radius 2 is 2.21 bits per heavy atom. The van der Waals surface area contributed by atoms with Crippen LogP contribution in [0.25, 0.3) is 0 Å². The molecular formula is C14H24N4O. The number of nitrogen functional groups attached to an aromatic ring is 1. The highest BCUT2D eigenvalue weighted by atomic mass is 16.5. The van der Waals surface area contributed by atoms with E-state index in [4.69, 9.17) is 10.5 Å². The van der Waals surface area contributed by atoms with Gasteiger partial charge in [-0.25, -0.2) is 0 Å². The number of nitrogens with zero attached hydrogens (tertiary/aromatic N) is 3. The van der Waals surface area contributed by atoms with Gasteiger partial charge in [0.1, 0.15) is 5.82 Å². The molecule has 2 N–H and O–H groups in total. The number of likely N-dealkylation sites (N-methyl/N-ethyl adjacent to an activating group) is 1. The first-order chi connectivity index (χ1) is 9.11. The number of pyridine rings is 1. The second kappa shape index (κ2) is 6.10. The van der Waals surface area contributed by atoms with E-state index in [0.717, 1.165) is 31.9 Å². The molecule has 1 fully saturated rings. The Bertz CT molecular complexity index is 424. The van der Waals surface area contributed by atoms with Crippen molar-refractivity contribution in [2.24, 2.45) is 0 Å². The molecule has 5 nitrogen and oxygen atoms in total. The molecule has 106 valence electrons. The molecule has 0 saturated carbocycles. The van der Waals surface area contributed by atoms with E-state index in [1.54, 1.807) is 0 Å². The third-order valence-electron chi connectivity index (χ3n) is 3.60. The minimum atomic E-state index is 0.535. The molecule has 0 bridgehead atoms. The van der Waals surface area contributed by atoms with Gasteiger partial charge < -0.3 is 20.3 Å². The number of piperazine rings is 1. The smallest absolute Gasteiger partial charge is 0.239 e. The molecule has 2 rings (SSSR count). The first kappa shape index (κ1) is 13.9. The van der Waals surface area contributed by atoms with E-state index < -0.39 is 0 Å². The summed E-state index contributed by atoms with van der Waals surface area (Å²) in [5, 5.41) is 0. The monoisotopic (exact) mass is 264 g/mol. The fourth-order valence-electron chi connectivity index (χ4n) is 2.19. The Hall–Kier alpha value is -1.49. The van der Waals surface area contributed by atoms with Crippen LogP contribution in [0, 0.1) is 0 Å². The quantitative estimate of drug-likeness (QED) is 0.895. The third-order valence-corrected chi connectivity index (χ3v) is 3.60. The first-order valence-electron chi connectivity index (χ1n) is 6.96. The van der Waals surface area contributed by atoms with Crippen LogP contribution >= 0.6 is 0 Å². The highest BCUT2D eigenvalue weighted by Crippen LogP contribution is 2.24. The summed E-state index contributed by atoms with van der Waals surface area (Å²) >= 11 is 0. The minimum Gasteiger partial charge on any atom is -0.476 e. The van der Waals surface area contributed by atoms with Crippen molar-refractivity contribution in [2.75, 3.05) is 43.9 Å². The van der Waals surface area contributed by atoms with Crippen molar-refractivity contribution in [3.05, 3.63) is 12.1 Å². The van der Waals surface area contributed by atoms with Crippen molar-refractivity contribution in [1.82, 2.24) is 9.88 Å². The lowest BCUT2D eigenvalue weighted by molar-refractivity contribution is 0.233. The number of ether oxygens (including phenoxy) is 1. The highest BCUT2D eigenvalue weighted by molar-refractivity contribution is 5.54. The lowest BCUT2D eigenvalue weighted by Gasteiger charge is -2.38. The van der Waals surface area contributed by atoms with Gasteiger partial charge in [0.2, 0.25) is 5.88 Å². The van der Waals surface area contributed by atoms with Crippen LogP contribution in [0.15, 0.2) is 12.1 Å².